The molecule has 3 aliphatic carbocycles. The van der Waals surface area contributed by atoms with E-state index in [0.717, 1.165) is 6.08 Å². The number of nitrogens with one attached hydrogen (secondary N) is 3. The van der Waals surface area contributed by atoms with Gasteiger partial charge >= 0.3 is 12.1 Å². The number of carbonyl (C=O) groups is 5. The van der Waals surface area contributed by atoms with Crippen molar-refractivity contribution in [2.45, 2.75) is 121 Å². The highest BCUT2D eigenvalue weighted by atomic mass is 19.1. The molecule has 6 N–H and O–H groups in total. The van der Waals surface area contributed by atoms with E-state index in [2.05, 4.69) is 16.0 Å². The molecule has 1 aliphatic heterocycles. The van der Waals surface area contributed by atoms with Gasteiger partial charge in [0.25, 0.3) is 0 Å². The Hall–Kier alpha value is -4.15. The van der Waals surface area contributed by atoms with Crippen LogP contribution < -0.4 is 21.7 Å². The quantitative estimate of drug-likeness (QED) is 0.120. The van der Waals surface area contributed by atoms with Crippen LogP contribution in [-0.2, 0) is 35.2 Å². The molecule has 1 aromatic rings. The molecule has 0 spiro atoms. The molecule has 0 bridgehead atoms. The summed E-state index contributed by atoms with van der Waals surface area (Å²) >= 11 is 0. The van der Waals surface area contributed by atoms with Crippen molar-refractivity contribution in [2.75, 3.05) is 18.4 Å². The lowest BCUT2D eigenvalue weighted by atomic mass is 9.51. The van der Waals surface area contributed by atoms with Gasteiger partial charge in [-0.05, 0) is 86.8 Å². The number of allylic oxidation sites excluding steroid dienone is 4. The highest BCUT2D eigenvalue weighted by Gasteiger charge is 2.76. The number of hydrogen-bond donors (Lipinski definition) is 5. The first kappa shape index (κ1) is 42.0. The Morgan fingerprint density at radius 1 is 1.13 bits per heavy atom. The summed E-state index contributed by atoms with van der Waals surface area (Å²) in [5, 5.41) is 19.4. The number of primary amides is 1. The number of benzene rings is 1. The second-order valence-electron chi connectivity index (χ2n) is 15.4. The number of hydrogen-bond acceptors (Lipinski definition) is 9. The Labute approximate surface area is 320 Å². The third-order valence-corrected chi connectivity index (χ3v) is 12.0. The maximum absolute atomic E-state index is 17.5. The molecule has 1 saturated heterocycles. The molecule has 1 aromatic carbocycles. The molecule has 4 aliphatic rings. The topological polar surface area (TPSA) is 195 Å². The van der Waals surface area contributed by atoms with Crippen LogP contribution in [0.25, 0.3) is 0 Å². The third kappa shape index (κ3) is 8.22. The van der Waals surface area contributed by atoms with Gasteiger partial charge in [-0.2, -0.15) is 0 Å². The normalized spacial score (nSPS) is 32.8. The molecule has 3 fully saturated rings. The Kier molecular flexibility index (Phi) is 12.9. The Morgan fingerprint density at radius 3 is 2.53 bits per heavy atom. The van der Waals surface area contributed by atoms with Crippen molar-refractivity contribution in [1.29, 1.82) is 0 Å². The molecule has 298 valence electrons. The molecule has 5 rings (SSSR count). The minimum absolute atomic E-state index is 0.128. The van der Waals surface area contributed by atoms with Crippen LogP contribution >= 0.6 is 0 Å². The van der Waals surface area contributed by atoms with Crippen LogP contribution in [0.2, 0.25) is 6.32 Å². The number of carbonyl (C=O) groups excluding carboxylic acids is 5. The van der Waals surface area contributed by atoms with Crippen molar-refractivity contribution < 1.29 is 52.1 Å². The predicted octanol–water partition coefficient (Wildman–Crippen LogP) is 4.43. The predicted molar refractivity (Wildman–Crippen MR) is 198 cm³/mol. The van der Waals surface area contributed by atoms with Crippen molar-refractivity contribution in [3.63, 3.8) is 0 Å². The number of nitrogens with two attached hydrogens (primary N) is 1. The number of alkyl halides is 2. The molecule has 1 unspecified atom stereocenters. The second kappa shape index (κ2) is 16.9. The molecule has 16 heteroatoms. The fourth-order valence-corrected chi connectivity index (χ4v) is 8.94. The maximum atomic E-state index is 17.5. The van der Waals surface area contributed by atoms with Gasteiger partial charge in [-0.15, -0.1) is 0 Å². The fraction of sp³-hybridized carbons (Fsp3) is 0.615. The lowest BCUT2D eigenvalue weighted by Crippen LogP contribution is -2.65. The van der Waals surface area contributed by atoms with Gasteiger partial charge in [-0.25, -0.2) is 18.4 Å². The Morgan fingerprint density at radius 2 is 1.85 bits per heavy atom. The SMILES string of the molecule is [B]C[C@H](F)C1=CC(=O)C=C[C@]1(C)[C@]1(F)CC2C[C@H]3O[C@@H](CCC)O[C@@]3(C(=O)CNC(=O)OCc3ccc(NC(=O)CCCCNC(N)=O)cc3)[C@@]2(C)C[C@@H]1O. The van der Waals surface area contributed by atoms with Gasteiger partial charge in [-0.3, -0.25) is 14.4 Å². The Balaban J connectivity index is 1.22. The van der Waals surface area contributed by atoms with Crippen LogP contribution in [0.5, 0.6) is 0 Å². The van der Waals surface area contributed by atoms with Crippen LogP contribution in [0.4, 0.5) is 24.1 Å². The summed E-state index contributed by atoms with van der Waals surface area (Å²) in [6.07, 6.45) is -0.567. The van der Waals surface area contributed by atoms with E-state index in [0.29, 0.717) is 43.5 Å². The maximum Gasteiger partial charge on any atom is 0.407 e. The van der Waals surface area contributed by atoms with Gasteiger partial charge in [0.1, 0.15) is 18.4 Å². The molecule has 2 radical (unpaired) electrons. The summed E-state index contributed by atoms with van der Waals surface area (Å²) in [5.74, 6) is -1.78. The first-order chi connectivity index (χ1) is 26.0. The van der Waals surface area contributed by atoms with Crippen molar-refractivity contribution in [3.8, 4) is 0 Å². The standard InChI is InChI=1S/C39H51BF2N4O9/c1-4-7-33-54-31-16-24-18-38(42,36(2)14-13-26(47)17-27(36)28(41)20-40)29(48)19-37(24,3)39(31,55-33)30(49)21-45-35(52)53-22-23-9-11-25(12-10-23)46-32(50)8-5-6-15-44-34(43)51/h9-14,17,24,28-29,31,33,48H,4-8,15-16,18-22H2,1-3H3,(H,45,52)(H,46,50)(H3,43,44,51)/t24?,28-,29-,31+,33+,36-,37-,38-,39+/m0/s1. The number of ether oxygens (including phenoxy) is 3. The average Bonchev–Trinajstić information content (AvgIpc) is 3.62. The summed E-state index contributed by atoms with van der Waals surface area (Å²) in [4.78, 5) is 62.3. The number of amides is 4. The van der Waals surface area contributed by atoms with E-state index < -0.39 is 89.2 Å². The first-order valence-electron chi connectivity index (χ1n) is 18.9. The van der Waals surface area contributed by atoms with E-state index in [9.17, 15) is 29.1 Å². The van der Waals surface area contributed by atoms with Crippen LogP contribution in [0.1, 0.15) is 77.7 Å². The number of unbranched alkanes of at least 4 members (excludes halogenated alkanes) is 1. The number of urea groups is 1. The van der Waals surface area contributed by atoms with Crippen molar-refractivity contribution in [2.24, 2.45) is 22.5 Å². The van der Waals surface area contributed by atoms with Gasteiger partial charge in [0.05, 0.1) is 26.6 Å². The largest absolute Gasteiger partial charge is 0.445 e. The zero-order valence-corrected chi connectivity index (χ0v) is 31.5. The number of ketones is 2. The van der Waals surface area contributed by atoms with Crippen molar-refractivity contribution in [1.82, 2.24) is 10.6 Å². The van der Waals surface area contributed by atoms with Gasteiger partial charge in [0.2, 0.25) is 5.91 Å². The zero-order chi connectivity index (χ0) is 40.2. The highest BCUT2D eigenvalue weighted by Crippen LogP contribution is 2.67. The smallest absolute Gasteiger partial charge is 0.407 e. The van der Waals surface area contributed by atoms with Crippen LogP contribution in [0.3, 0.4) is 0 Å². The molecule has 4 amide bonds. The van der Waals surface area contributed by atoms with E-state index in [-0.39, 0.29) is 43.8 Å². The Bertz CT molecular complexity index is 1700. The molecule has 9 atom stereocenters. The zero-order valence-electron chi connectivity index (χ0n) is 31.5. The van der Waals surface area contributed by atoms with Gasteiger partial charge in [0, 0.05) is 29.5 Å². The molecule has 2 saturated carbocycles. The van der Waals surface area contributed by atoms with Gasteiger partial charge in [0.15, 0.2) is 23.5 Å². The van der Waals surface area contributed by atoms with E-state index in [4.69, 9.17) is 27.8 Å². The van der Waals surface area contributed by atoms with E-state index in [1.807, 2.05) is 6.92 Å². The number of alkyl carbamates (subject to hydrolysis) is 1. The first-order valence-corrected chi connectivity index (χ1v) is 18.9. The number of aliphatic hydroxyl groups excluding tert-OH is 1. The average molecular weight is 769 g/mol. The minimum atomic E-state index is -2.43. The number of aliphatic hydroxyl groups is 1. The molecular weight excluding hydrogens is 717 g/mol. The molecule has 13 nitrogen and oxygen atoms in total. The molecule has 55 heavy (non-hydrogen) atoms. The van der Waals surface area contributed by atoms with E-state index in [1.54, 1.807) is 31.2 Å². The molecular formula is C39H51BF2N4O9. The summed E-state index contributed by atoms with van der Waals surface area (Å²) in [7, 11) is 5.61. The minimum Gasteiger partial charge on any atom is -0.445 e. The summed E-state index contributed by atoms with van der Waals surface area (Å²) in [6.45, 7) is 4.92. The number of fused-ring (bicyclic) bond motifs is 3. The van der Waals surface area contributed by atoms with Crippen LogP contribution in [0, 0.1) is 16.7 Å². The number of anilines is 1. The van der Waals surface area contributed by atoms with E-state index >= 15 is 8.78 Å². The summed E-state index contributed by atoms with van der Waals surface area (Å²) in [6, 6.07) is 6.06. The number of rotatable bonds is 16. The van der Waals surface area contributed by atoms with E-state index in [1.165, 1.54) is 19.1 Å². The number of Topliss-reactive ketones (excluding diaryl/α,β-unsaturated/α-hetero) is 1. The molecule has 1 heterocycles. The fourth-order valence-electron chi connectivity index (χ4n) is 8.94. The monoisotopic (exact) mass is 768 g/mol. The summed E-state index contributed by atoms with van der Waals surface area (Å²) in [5.41, 5.74) is -0.857. The van der Waals surface area contributed by atoms with Crippen LogP contribution in [0.15, 0.2) is 48.1 Å². The van der Waals surface area contributed by atoms with Crippen molar-refractivity contribution >= 4 is 43.1 Å². The van der Waals surface area contributed by atoms with Gasteiger partial charge < -0.3 is 41.0 Å². The van der Waals surface area contributed by atoms with Gasteiger partial charge in [-0.1, -0.05) is 44.8 Å². The van der Waals surface area contributed by atoms with Crippen molar-refractivity contribution in [3.05, 3.63) is 53.6 Å². The molecule has 0 aromatic heterocycles. The summed E-state index contributed by atoms with van der Waals surface area (Å²) < 4.78 is 50.8. The lowest BCUT2D eigenvalue weighted by molar-refractivity contribution is -0.203. The lowest BCUT2D eigenvalue weighted by Gasteiger charge is -2.56. The third-order valence-electron chi connectivity index (χ3n) is 12.0. The highest BCUT2D eigenvalue weighted by molar-refractivity contribution is 6.09. The second-order valence-corrected chi connectivity index (χ2v) is 15.4. The number of halogens is 2. The van der Waals surface area contributed by atoms with Crippen LogP contribution in [-0.4, -0.2) is 91.6 Å².